The van der Waals surface area contributed by atoms with Gasteiger partial charge in [-0.05, 0) is 54.5 Å². The Morgan fingerprint density at radius 1 is 1.00 bits per heavy atom. The summed E-state index contributed by atoms with van der Waals surface area (Å²) in [5.74, 6) is -0.217. The maximum absolute atomic E-state index is 12.8. The molecule has 4 rings (SSSR count). The molecule has 0 saturated carbocycles. The van der Waals surface area contributed by atoms with Crippen LogP contribution in [0.2, 0.25) is 15.1 Å². The predicted octanol–water partition coefficient (Wildman–Crippen LogP) is 6.79. The quantitative estimate of drug-likeness (QED) is 0.246. The highest BCUT2D eigenvalue weighted by molar-refractivity contribution is 6.35. The molecule has 1 heterocycles. The van der Waals surface area contributed by atoms with Crippen molar-refractivity contribution in [2.45, 2.75) is 6.92 Å². The van der Waals surface area contributed by atoms with Crippen molar-refractivity contribution in [1.29, 1.82) is 0 Å². The summed E-state index contributed by atoms with van der Waals surface area (Å²) in [6.45, 7) is 1.74. The van der Waals surface area contributed by atoms with E-state index in [4.69, 9.17) is 44.3 Å². The van der Waals surface area contributed by atoms with E-state index >= 15 is 0 Å². The minimum absolute atomic E-state index is 0.118. The van der Waals surface area contributed by atoms with Crippen LogP contribution in [0.5, 0.6) is 11.5 Å². The first kappa shape index (κ1) is 20.5. The predicted molar refractivity (Wildman–Crippen MR) is 117 cm³/mol. The number of aryl methyl sites for hydroxylation is 1. The van der Waals surface area contributed by atoms with Crippen molar-refractivity contribution in [3.8, 4) is 11.5 Å². The van der Waals surface area contributed by atoms with Crippen molar-refractivity contribution in [3.63, 3.8) is 0 Å². The van der Waals surface area contributed by atoms with Gasteiger partial charge in [-0.2, -0.15) is 0 Å². The fourth-order valence-electron chi connectivity index (χ4n) is 3.08. The molecular weight excluding hydrogens is 447 g/mol. The van der Waals surface area contributed by atoms with E-state index in [2.05, 4.69) is 0 Å². The Hall–Kier alpha value is -2.79. The second-order valence-electron chi connectivity index (χ2n) is 6.59. The van der Waals surface area contributed by atoms with E-state index < -0.39 is 5.97 Å². The van der Waals surface area contributed by atoms with Gasteiger partial charge in [0, 0.05) is 16.1 Å². The van der Waals surface area contributed by atoms with Crippen molar-refractivity contribution in [3.05, 3.63) is 97.7 Å². The lowest BCUT2D eigenvalue weighted by Gasteiger charge is -2.08. The molecule has 0 saturated heterocycles. The van der Waals surface area contributed by atoms with Gasteiger partial charge in [0.25, 0.3) is 0 Å². The first-order chi connectivity index (χ1) is 14.3. The van der Waals surface area contributed by atoms with Crippen molar-refractivity contribution in [2.75, 3.05) is 0 Å². The molecule has 3 aromatic carbocycles. The number of ketones is 1. The monoisotopic (exact) mass is 458 g/mol. The maximum atomic E-state index is 12.8. The number of halogens is 3. The molecule has 4 nitrogen and oxygen atoms in total. The van der Waals surface area contributed by atoms with Gasteiger partial charge >= 0.3 is 5.97 Å². The number of rotatable bonds is 3. The molecule has 0 radical (unpaired) electrons. The summed E-state index contributed by atoms with van der Waals surface area (Å²) >= 11 is 18.2. The molecule has 0 bridgehead atoms. The third-order valence-electron chi connectivity index (χ3n) is 4.50. The summed E-state index contributed by atoms with van der Waals surface area (Å²) in [6.07, 6.45) is 1.55. The lowest BCUT2D eigenvalue weighted by molar-refractivity contribution is 0.0734. The number of carbonyl (C=O) groups is 2. The molecule has 0 unspecified atom stereocenters. The van der Waals surface area contributed by atoms with Gasteiger partial charge in [-0.15, -0.1) is 0 Å². The van der Waals surface area contributed by atoms with E-state index in [1.807, 2.05) is 0 Å². The van der Waals surface area contributed by atoms with E-state index in [0.29, 0.717) is 32.5 Å². The zero-order chi connectivity index (χ0) is 21.4. The van der Waals surface area contributed by atoms with Gasteiger partial charge in [-0.1, -0.05) is 53.0 Å². The van der Waals surface area contributed by atoms with Crippen LogP contribution in [0, 0.1) is 6.92 Å². The molecule has 1 aliphatic rings. The highest BCUT2D eigenvalue weighted by Gasteiger charge is 2.30. The number of hydrogen-bond donors (Lipinski definition) is 0. The Balaban J connectivity index is 1.63. The number of allylic oxidation sites excluding steroid dienone is 1. The summed E-state index contributed by atoms with van der Waals surface area (Å²) in [7, 11) is 0. The molecule has 3 aromatic rings. The van der Waals surface area contributed by atoms with Crippen LogP contribution in [-0.4, -0.2) is 11.8 Å². The highest BCUT2D eigenvalue weighted by atomic mass is 35.5. The van der Waals surface area contributed by atoms with Gasteiger partial charge < -0.3 is 9.47 Å². The average Bonchev–Trinajstić information content (AvgIpc) is 3.00. The molecule has 1 aliphatic heterocycles. The van der Waals surface area contributed by atoms with E-state index in [0.717, 1.165) is 0 Å². The maximum Gasteiger partial charge on any atom is 0.345 e. The lowest BCUT2D eigenvalue weighted by atomic mass is 10.0. The second kappa shape index (κ2) is 8.15. The van der Waals surface area contributed by atoms with Gasteiger partial charge in [0.2, 0.25) is 5.78 Å². The van der Waals surface area contributed by atoms with Crippen molar-refractivity contribution < 1.29 is 19.1 Å². The molecule has 0 N–H and O–H groups in total. The van der Waals surface area contributed by atoms with Crippen LogP contribution in [0.1, 0.15) is 31.8 Å². The fraction of sp³-hybridized carbons (Fsp3) is 0.0435. The van der Waals surface area contributed by atoms with Gasteiger partial charge in [-0.3, -0.25) is 4.79 Å². The van der Waals surface area contributed by atoms with Crippen LogP contribution in [0.4, 0.5) is 0 Å². The minimum Gasteiger partial charge on any atom is -0.452 e. The Labute approximate surface area is 187 Å². The highest BCUT2D eigenvalue weighted by Crippen LogP contribution is 2.38. The van der Waals surface area contributed by atoms with Crippen LogP contribution in [0.25, 0.3) is 6.08 Å². The van der Waals surface area contributed by atoms with Crippen LogP contribution >= 0.6 is 34.8 Å². The van der Waals surface area contributed by atoms with E-state index in [9.17, 15) is 9.59 Å². The fourth-order valence-corrected chi connectivity index (χ4v) is 3.76. The zero-order valence-corrected chi connectivity index (χ0v) is 17.8. The molecule has 0 aliphatic carbocycles. The Kier molecular flexibility index (Phi) is 5.56. The summed E-state index contributed by atoms with van der Waals surface area (Å²) in [5, 5.41) is 1.18. The van der Waals surface area contributed by atoms with Gasteiger partial charge in [-0.25, -0.2) is 4.79 Å². The van der Waals surface area contributed by atoms with Gasteiger partial charge in [0.15, 0.2) is 5.76 Å². The van der Waals surface area contributed by atoms with Gasteiger partial charge in [0.1, 0.15) is 11.5 Å². The third kappa shape index (κ3) is 3.94. The largest absolute Gasteiger partial charge is 0.452 e. The Morgan fingerprint density at radius 2 is 1.77 bits per heavy atom. The average molecular weight is 460 g/mol. The summed E-state index contributed by atoms with van der Waals surface area (Å²) in [4.78, 5) is 25.2. The topological polar surface area (TPSA) is 52.6 Å². The standard InChI is InChI=1S/C23H13Cl3O4/c1-12-8-15(29-23(28)16-4-2-3-5-17(16)25)11-19-21(12)22(27)20(30-19)9-13-6-7-14(24)10-18(13)26/h2-11H,1H3/b20-9-. The molecule has 0 fully saturated rings. The normalized spacial score (nSPS) is 13.9. The SMILES string of the molecule is Cc1cc(OC(=O)c2ccccc2Cl)cc2c1C(=O)/C(=C/c1ccc(Cl)cc1Cl)O2. The number of benzene rings is 3. The molecule has 150 valence electrons. The Bertz CT molecular complexity index is 1230. The first-order valence-electron chi connectivity index (χ1n) is 8.84. The lowest BCUT2D eigenvalue weighted by Crippen LogP contribution is -2.09. The first-order valence-corrected chi connectivity index (χ1v) is 9.97. The Morgan fingerprint density at radius 3 is 2.50 bits per heavy atom. The van der Waals surface area contributed by atoms with Gasteiger partial charge in [0.05, 0.1) is 16.1 Å². The summed E-state index contributed by atoms with van der Waals surface area (Å²) < 4.78 is 11.2. The summed E-state index contributed by atoms with van der Waals surface area (Å²) in [6, 6.07) is 14.6. The molecule has 0 atom stereocenters. The second-order valence-corrected chi connectivity index (χ2v) is 7.84. The molecule has 0 amide bonds. The number of carbonyl (C=O) groups excluding carboxylic acids is 2. The van der Waals surface area contributed by atoms with E-state index in [-0.39, 0.29) is 27.9 Å². The number of hydrogen-bond acceptors (Lipinski definition) is 4. The van der Waals surface area contributed by atoms with Crippen LogP contribution in [-0.2, 0) is 0 Å². The summed E-state index contributed by atoms with van der Waals surface area (Å²) in [5.41, 5.74) is 1.86. The van der Waals surface area contributed by atoms with Crippen molar-refractivity contribution >= 4 is 52.6 Å². The molecule has 7 heteroatoms. The van der Waals surface area contributed by atoms with E-state index in [1.54, 1.807) is 61.5 Å². The number of fused-ring (bicyclic) bond motifs is 1. The van der Waals surface area contributed by atoms with Crippen LogP contribution < -0.4 is 9.47 Å². The number of Topliss-reactive ketones (excluding diaryl/α,β-unsaturated/α-hetero) is 1. The van der Waals surface area contributed by atoms with E-state index in [1.165, 1.54) is 6.07 Å². The number of ether oxygens (including phenoxy) is 2. The molecule has 30 heavy (non-hydrogen) atoms. The van der Waals surface area contributed by atoms with Crippen LogP contribution in [0.15, 0.2) is 60.4 Å². The third-order valence-corrected chi connectivity index (χ3v) is 5.39. The molecule has 0 spiro atoms. The number of esters is 1. The van der Waals surface area contributed by atoms with Crippen LogP contribution in [0.3, 0.4) is 0 Å². The zero-order valence-electron chi connectivity index (χ0n) is 15.5. The van der Waals surface area contributed by atoms with Crippen molar-refractivity contribution in [2.24, 2.45) is 0 Å². The smallest absolute Gasteiger partial charge is 0.345 e. The van der Waals surface area contributed by atoms with Crippen molar-refractivity contribution in [1.82, 2.24) is 0 Å². The minimum atomic E-state index is -0.604. The molecular formula is C23H13Cl3O4. The molecule has 0 aromatic heterocycles.